The maximum absolute atomic E-state index is 11.7. The Labute approximate surface area is 101 Å². The molecule has 0 atom stereocenters. The van der Waals surface area contributed by atoms with Crippen LogP contribution in [0.15, 0.2) is 30.9 Å². The molecule has 1 amide bonds. The highest BCUT2D eigenvalue weighted by Gasteiger charge is 2.10. The van der Waals surface area contributed by atoms with Crippen molar-refractivity contribution < 1.29 is 4.79 Å². The number of carbonyl (C=O) groups excluding carboxylic acids is 1. The third kappa shape index (κ3) is 2.32. The summed E-state index contributed by atoms with van der Waals surface area (Å²) in [4.78, 5) is 16.6. The lowest BCUT2D eigenvalue weighted by Gasteiger charge is -2.05. The number of hydrogen-bond acceptors (Lipinski definition) is 3. The second-order valence-corrected chi connectivity index (χ2v) is 3.75. The number of benzene rings is 1. The smallest absolute Gasteiger partial charge is 0.267 e. The molecular formula is C9H6Cl2N4O. The average Bonchev–Trinajstić information content (AvgIpc) is 2.70. The van der Waals surface area contributed by atoms with E-state index in [1.165, 1.54) is 29.6 Å². The standard InChI is InChI=1S/C9H6Cl2N4O/c10-6-1-2-7(8(11)3-6)9(16)14-15-5-12-4-13-15/h1-5H,(H,14,16). The molecule has 7 heteroatoms. The molecule has 1 heterocycles. The summed E-state index contributed by atoms with van der Waals surface area (Å²) < 4.78 is 0. The quantitative estimate of drug-likeness (QED) is 0.894. The summed E-state index contributed by atoms with van der Waals surface area (Å²) in [6, 6.07) is 4.62. The van der Waals surface area contributed by atoms with Crippen LogP contribution in [0.5, 0.6) is 0 Å². The van der Waals surface area contributed by atoms with Gasteiger partial charge >= 0.3 is 0 Å². The van der Waals surface area contributed by atoms with Crippen LogP contribution in [0.25, 0.3) is 0 Å². The molecule has 1 aromatic carbocycles. The summed E-state index contributed by atoms with van der Waals surface area (Å²) in [5.74, 6) is -0.382. The van der Waals surface area contributed by atoms with Crippen LogP contribution in [-0.4, -0.2) is 20.8 Å². The number of rotatable bonds is 2. The van der Waals surface area contributed by atoms with Gasteiger partial charge in [0.1, 0.15) is 12.7 Å². The van der Waals surface area contributed by atoms with E-state index < -0.39 is 0 Å². The molecule has 0 saturated carbocycles. The summed E-state index contributed by atoms with van der Waals surface area (Å²) in [5.41, 5.74) is 2.80. The Bertz CT molecular complexity index is 512. The normalized spacial score (nSPS) is 10.1. The number of nitrogens with zero attached hydrogens (tertiary/aromatic N) is 3. The van der Waals surface area contributed by atoms with Crippen LogP contribution >= 0.6 is 23.2 Å². The van der Waals surface area contributed by atoms with Crippen molar-refractivity contribution in [2.24, 2.45) is 0 Å². The van der Waals surface area contributed by atoms with Gasteiger partial charge in [-0.2, -0.15) is 4.79 Å². The fourth-order valence-corrected chi connectivity index (χ4v) is 1.60. The highest BCUT2D eigenvalue weighted by molar-refractivity contribution is 6.37. The molecule has 0 aliphatic carbocycles. The molecule has 1 N–H and O–H groups in total. The Morgan fingerprint density at radius 2 is 2.19 bits per heavy atom. The van der Waals surface area contributed by atoms with E-state index in [9.17, 15) is 4.79 Å². The third-order valence-electron chi connectivity index (χ3n) is 1.81. The number of nitrogens with one attached hydrogen (secondary N) is 1. The molecule has 0 unspecified atom stereocenters. The zero-order chi connectivity index (χ0) is 11.5. The molecule has 82 valence electrons. The van der Waals surface area contributed by atoms with E-state index in [0.717, 1.165) is 0 Å². The lowest BCUT2D eigenvalue weighted by molar-refractivity contribution is 0.100. The fourth-order valence-electron chi connectivity index (χ4n) is 1.10. The average molecular weight is 257 g/mol. The Morgan fingerprint density at radius 3 is 2.81 bits per heavy atom. The van der Waals surface area contributed by atoms with Crippen LogP contribution in [0, 0.1) is 0 Å². The highest BCUT2D eigenvalue weighted by Crippen LogP contribution is 2.20. The zero-order valence-electron chi connectivity index (χ0n) is 7.89. The molecule has 16 heavy (non-hydrogen) atoms. The first-order valence-corrected chi connectivity index (χ1v) is 5.03. The van der Waals surface area contributed by atoms with Crippen LogP contribution in [0.4, 0.5) is 0 Å². The molecule has 2 aromatic rings. The Balaban J connectivity index is 2.21. The van der Waals surface area contributed by atoms with Crippen LogP contribution in [0.1, 0.15) is 10.4 Å². The molecule has 1 aromatic heterocycles. The topological polar surface area (TPSA) is 59.8 Å². The van der Waals surface area contributed by atoms with E-state index in [1.54, 1.807) is 6.07 Å². The first-order chi connectivity index (χ1) is 7.66. The van der Waals surface area contributed by atoms with Gasteiger partial charge in [-0.3, -0.25) is 4.79 Å². The molecule has 0 fully saturated rings. The zero-order valence-corrected chi connectivity index (χ0v) is 9.40. The second-order valence-electron chi connectivity index (χ2n) is 2.91. The molecule has 5 nitrogen and oxygen atoms in total. The molecule has 0 saturated heterocycles. The Morgan fingerprint density at radius 1 is 1.38 bits per heavy atom. The van der Waals surface area contributed by atoms with Crippen molar-refractivity contribution >= 4 is 29.1 Å². The van der Waals surface area contributed by atoms with Crippen molar-refractivity contribution in [2.45, 2.75) is 0 Å². The largest absolute Gasteiger partial charge is 0.272 e. The van der Waals surface area contributed by atoms with Crippen molar-refractivity contribution in [1.82, 2.24) is 14.9 Å². The lowest BCUT2D eigenvalue weighted by atomic mass is 10.2. The van der Waals surface area contributed by atoms with E-state index in [4.69, 9.17) is 23.2 Å². The number of carbonyl (C=O) groups is 1. The van der Waals surface area contributed by atoms with Gasteiger partial charge < -0.3 is 0 Å². The van der Waals surface area contributed by atoms with Crippen LogP contribution < -0.4 is 5.43 Å². The summed E-state index contributed by atoms with van der Waals surface area (Å²) in [6.45, 7) is 0. The van der Waals surface area contributed by atoms with E-state index in [-0.39, 0.29) is 10.9 Å². The van der Waals surface area contributed by atoms with Crippen LogP contribution in [0.2, 0.25) is 10.0 Å². The van der Waals surface area contributed by atoms with Gasteiger partial charge in [-0.1, -0.05) is 23.2 Å². The number of aromatic nitrogens is 3. The maximum Gasteiger partial charge on any atom is 0.272 e. The van der Waals surface area contributed by atoms with Crippen LogP contribution in [0.3, 0.4) is 0 Å². The molecule has 2 rings (SSSR count). The summed E-state index contributed by atoms with van der Waals surface area (Å²) >= 11 is 11.6. The van der Waals surface area contributed by atoms with Gasteiger partial charge in [0, 0.05) is 5.02 Å². The van der Waals surface area contributed by atoms with E-state index in [0.29, 0.717) is 10.6 Å². The van der Waals surface area contributed by atoms with Gasteiger partial charge in [-0.25, -0.2) is 10.4 Å². The van der Waals surface area contributed by atoms with Crippen molar-refractivity contribution in [1.29, 1.82) is 0 Å². The van der Waals surface area contributed by atoms with Crippen molar-refractivity contribution in [2.75, 3.05) is 5.43 Å². The minimum atomic E-state index is -0.382. The van der Waals surface area contributed by atoms with Gasteiger partial charge in [-0.15, -0.1) is 5.10 Å². The third-order valence-corrected chi connectivity index (χ3v) is 2.36. The Hall–Kier alpha value is -1.59. The minimum absolute atomic E-state index is 0.283. The maximum atomic E-state index is 11.7. The molecule has 0 aliphatic rings. The van der Waals surface area contributed by atoms with Gasteiger partial charge in [0.25, 0.3) is 5.91 Å². The minimum Gasteiger partial charge on any atom is -0.267 e. The monoisotopic (exact) mass is 256 g/mol. The van der Waals surface area contributed by atoms with Gasteiger partial charge in [0.05, 0.1) is 10.6 Å². The highest BCUT2D eigenvalue weighted by atomic mass is 35.5. The summed E-state index contributed by atoms with van der Waals surface area (Å²) in [5, 5.41) is 4.49. The first-order valence-electron chi connectivity index (χ1n) is 4.28. The molecule has 0 radical (unpaired) electrons. The lowest BCUT2D eigenvalue weighted by Crippen LogP contribution is -2.23. The predicted octanol–water partition coefficient (Wildman–Crippen LogP) is 1.97. The van der Waals surface area contributed by atoms with Crippen molar-refractivity contribution in [3.8, 4) is 0 Å². The number of halogens is 2. The second kappa shape index (κ2) is 4.51. The number of hydrogen-bond donors (Lipinski definition) is 1. The van der Waals surface area contributed by atoms with Gasteiger partial charge in [0.15, 0.2) is 0 Å². The van der Waals surface area contributed by atoms with Crippen molar-refractivity contribution in [3.05, 3.63) is 46.5 Å². The first kappa shape index (κ1) is 10.9. The molecule has 0 bridgehead atoms. The fraction of sp³-hybridized carbons (Fsp3) is 0. The van der Waals surface area contributed by atoms with Crippen molar-refractivity contribution in [3.63, 3.8) is 0 Å². The summed E-state index contributed by atoms with van der Waals surface area (Å²) in [6.07, 6.45) is 2.67. The SMILES string of the molecule is O=C(Nn1cncn1)c1ccc(Cl)cc1Cl. The van der Waals surface area contributed by atoms with Gasteiger partial charge in [-0.05, 0) is 18.2 Å². The van der Waals surface area contributed by atoms with Crippen LogP contribution in [-0.2, 0) is 0 Å². The molecular weight excluding hydrogens is 251 g/mol. The van der Waals surface area contributed by atoms with E-state index >= 15 is 0 Å². The molecule has 0 aliphatic heterocycles. The Kier molecular flexibility index (Phi) is 3.07. The number of amides is 1. The summed E-state index contributed by atoms with van der Waals surface area (Å²) in [7, 11) is 0. The predicted molar refractivity (Wildman–Crippen MR) is 60.2 cm³/mol. The van der Waals surface area contributed by atoms with E-state index in [1.807, 2.05) is 0 Å². The van der Waals surface area contributed by atoms with E-state index in [2.05, 4.69) is 15.5 Å². The van der Waals surface area contributed by atoms with Gasteiger partial charge in [0.2, 0.25) is 0 Å². The molecule has 0 spiro atoms.